The molecule has 0 saturated heterocycles. The summed E-state index contributed by atoms with van der Waals surface area (Å²) in [7, 11) is 1.55. The second kappa shape index (κ2) is 11.6. The van der Waals surface area contributed by atoms with Crippen LogP contribution in [0.4, 0.5) is 10.5 Å². The first-order valence-electron chi connectivity index (χ1n) is 10.1. The van der Waals surface area contributed by atoms with Crippen molar-refractivity contribution < 1.29 is 23.9 Å². The first-order valence-corrected chi connectivity index (χ1v) is 10.1. The normalized spacial score (nSPS) is 11.4. The van der Waals surface area contributed by atoms with Gasteiger partial charge in [0.2, 0.25) is 0 Å². The van der Waals surface area contributed by atoms with Crippen LogP contribution in [0.3, 0.4) is 0 Å². The van der Waals surface area contributed by atoms with E-state index in [9.17, 15) is 14.4 Å². The standard InChI is InChI=1S/C23H29N3O5/c1-5-31-21(27)14-20(17-7-6-8-19(13-17)30-4)26-22(28)16-9-11-18(12-10-16)25-23(29)24-15(2)3/h6-13,15,20H,5,14H2,1-4H3,(H,26,28)(H2,24,25,29). The van der Waals surface area contributed by atoms with Crippen molar-refractivity contribution in [2.45, 2.75) is 39.3 Å². The Hall–Kier alpha value is -3.55. The van der Waals surface area contributed by atoms with Crippen molar-refractivity contribution in [1.82, 2.24) is 10.6 Å². The Balaban J connectivity index is 2.13. The van der Waals surface area contributed by atoms with Crippen LogP contribution in [0.5, 0.6) is 5.75 Å². The van der Waals surface area contributed by atoms with Gasteiger partial charge >= 0.3 is 12.0 Å². The van der Waals surface area contributed by atoms with Gasteiger partial charge in [-0.05, 0) is 62.7 Å². The molecule has 31 heavy (non-hydrogen) atoms. The van der Waals surface area contributed by atoms with Crippen LogP contribution in [0.25, 0.3) is 0 Å². The molecule has 2 rings (SSSR count). The maximum atomic E-state index is 12.8. The maximum absolute atomic E-state index is 12.8. The second-order valence-corrected chi connectivity index (χ2v) is 7.14. The van der Waals surface area contributed by atoms with E-state index in [2.05, 4.69) is 16.0 Å². The summed E-state index contributed by atoms with van der Waals surface area (Å²) in [6.07, 6.45) is -0.0121. The molecule has 0 aromatic heterocycles. The first kappa shape index (κ1) is 23.7. The Kier molecular flexibility index (Phi) is 8.87. The molecule has 0 radical (unpaired) electrons. The summed E-state index contributed by atoms with van der Waals surface area (Å²) in [5.41, 5.74) is 1.68. The van der Waals surface area contributed by atoms with E-state index in [0.717, 1.165) is 5.56 Å². The summed E-state index contributed by atoms with van der Waals surface area (Å²) in [4.78, 5) is 36.7. The van der Waals surface area contributed by atoms with Gasteiger partial charge in [0.05, 0.1) is 26.2 Å². The van der Waals surface area contributed by atoms with Crippen LogP contribution in [0.15, 0.2) is 48.5 Å². The molecule has 3 amide bonds. The van der Waals surface area contributed by atoms with Gasteiger partial charge in [-0.1, -0.05) is 12.1 Å². The highest BCUT2D eigenvalue weighted by atomic mass is 16.5. The molecule has 0 bridgehead atoms. The van der Waals surface area contributed by atoms with Crippen molar-refractivity contribution in [2.75, 3.05) is 19.0 Å². The molecular formula is C23H29N3O5. The first-order chi connectivity index (χ1) is 14.8. The van der Waals surface area contributed by atoms with E-state index in [1.807, 2.05) is 19.9 Å². The average molecular weight is 428 g/mol. The Bertz CT molecular complexity index is 896. The molecule has 3 N–H and O–H groups in total. The number of carbonyl (C=O) groups is 3. The number of hydrogen-bond acceptors (Lipinski definition) is 5. The molecule has 166 valence electrons. The Morgan fingerprint density at radius 3 is 2.32 bits per heavy atom. The number of urea groups is 1. The van der Waals surface area contributed by atoms with Gasteiger partial charge in [-0.15, -0.1) is 0 Å². The van der Waals surface area contributed by atoms with Crippen LogP contribution in [0, 0.1) is 0 Å². The third kappa shape index (κ3) is 7.65. The number of esters is 1. The van der Waals surface area contributed by atoms with E-state index in [4.69, 9.17) is 9.47 Å². The van der Waals surface area contributed by atoms with Gasteiger partial charge in [-0.25, -0.2) is 4.79 Å². The van der Waals surface area contributed by atoms with Crippen LogP contribution in [0.1, 0.15) is 49.2 Å². The quantitative estimate of drug-likeness (QED) is 0.530. The van der Waals surface area contributed by atoms with E-state index >= 15 is 0 Å². The molecule has 1 unspecified atom stereocenters. The van der Waals surface area contributed by atoms with E-state index in [1.165, 1.54) is 0 Å². The summed E-state index contributed by atoms with van der Waals surface area (Å²) in [6.45, 7) is 5.72. The summed E-state index contributed by atoms with van der Waals surface area (Å²) in [5.74, 6) is -0.141. The van der Waals surface area contributed by atoms with Crippen molar-refractivity contribution in [2.24, 2.45) is 0 Å². The third-order valence-corrected chi connectivity index (χ3v) is 4.30. The topological polar surface area (TPSA) is 106 Å². The van der Waals surface area contributed by atoms with Crippen LogP contribution < -0.4 is 20.7 Å². The molecule has 0 fully saturated rings. The number of anilines is 1. The van der Waals surface area contributed by atoms with Gasteiger partial charge in [0, 0.05) is 17.3 Å². The Labute approximate surface area is 182 Å². The number of amides is 3. The molecule has 0 spiro atoms. The predicted octanol–water partition coefficient (Wildman–Crippen LogP) is 3.65. The molecule has 2 aromatic rings. The lowest BCUT2D eigenvalue weighted by Crippen LogP contribution is -2.34. The highest BCUT2D eigenvalue weighted by molar-refractivity contribution is 5.96. The third-order valence-electron chi connectivity index (χ3n) is 4.30. The molecule has 8 nitrogen and oxygen atoms in total. The van der Waals surface area contributed by atoms with E-state index in [1.54, 1.807) is 56.5 Å². The van der Waals surface area contributed by atoms with Gasteiger partial charge in [0.15, 0.2) is 0 Å². The molecular weight excluding hydrogens is 398 g/mol. The molecule has 0 aliphatic carbocycles. The van der Waals surface area contributed by atoms with Crippen molar-refractivity contribution in [3.8, 4) is 5.75 Å². The maximum Gasteiger partial charge on any atom is 0.319 e. The molecule has 0 heterocycles. The van der Waals surface area contributed by atoms with E-state index < -0.39 is 12.0 Å². The minimum Gasteiger partial charge on any atom is -0.497 e. The Morgan fingerprint density at radius 1 is 1.00 bits per heavy atom. The average Bonchev–Trinajstić information content (AvgIpc) is 2.73. The summed E-state index contributed by atoms with van der Waals surface area (Å²) in [6, 6.07) is 12.8. The highest BCUT2D eigenvalue weighted by Crippen LogP contribution is 2.23. The van der Waals surface area contributed by atoms with Crippen molar-refractivity contribution >= 4 is 23.6 Å². The summed E-state index contributed by atoms with van der Waals surface area (Å²) in [5, 5.41) is 8.31. The van der Waals surface area contributed by atoms with Crippen molar-refractivity contribution in [3.05, 3.63) is 59.7 Å². The number of ether oxygens (including phenoxy) is 2. The lowest BCUT2D eigenvalue weighted by molar-refractivity contribution is -0.143. The molecule has 0 aliphatic rings. The lowest BCUT2D eigenvalue weighted by atomic mass is 10.0. The summed E-state index contributed by atoms with van der Waals surface area (Å²) >= 11 is 0. The SMILES string of the molecule is CCOC(=O)CC(NC(=O)c1ccc(NC(=O)NC(C)C)cc1)c1cccc(OC)c1. The van der Waals surface area contributed by atoms with E-state index in [-0.39, 0.29) is 31.0 Å². The van der Waals surface area contributed by atoms with Gasteiger partial charge in [-0.2, -0.15) is 0 Å². The van der Waals surface area contributed by atoms with Gasteiger partial charge in [-0.3, -0.25) is 9.59 Å². The van der Waals surface area contributed by atoms with Crippen LogP contribution in [-0.2, 0) is 9.53 Å². The minimum absolute atomic E-state index is 0.0120. The molecule has 0 saturated carbocycles. The zero-order chi connectivity index (χ0) is 22.8. The zero-order valence-electron chi connectivity index (χ0n) is 18.2. The second-order valence-electron chi connectivity index (χ2n) is 7.14. The number of rotatable bonds is 9. The van der Waals surface area contributed by atoms with Gasteiger partial charge < -0.3 is 25.4 Å². The fraction of sp³-hybridized carbons (Fsp3) is 0.348. The van der Waals surface area contributed by atoms with Gasteiger partial charge in [0.25, 0.3) is 5.91 Å². The largest absolute Gasteiger partial charge is 0.497 e. The number of methoxy groups -OCH3 is 1. The smallest absolute Gasteiger partial charge is 0.319 e. The van der Waals surface area contributed by atoms with E-state index in [0.29, 0.717) is 17.0 Å². The number of nitrogens with one attached hydrogen (secondary N) is 3. The summed E-state index contributed by atoms with van der Waals surface area (Å²) < 4.78 is 10.3. The van der Waals surface area contributed by atoms with Crippen LogP contribution in [-0.4, -0.2) is 37.7 Å². The molecule has 0 aliphatic heterocycles. The Morgan fingerprint density at radius 2 is 1.71 bits per heavy atom. The lowest BCUT2D eigenvalue weighted by Gasteiger charge is -2.19. The number of benzene rings is 2. The monoisotopic (exact) mass is 427 g/mol. The van der Waals surface area contributed by atoms with Crippen LogP contribution >= 0.6 is 0 Å². The zero-order valence-corrected chi connectivity index (χ0v) is 18.2. The van der Waals surface area contributed by atoms with Crippen LogP contribution in [0.2, 0.25) is 0 Å². The highest BCUT2D eigenvalue weighted by Gasteiger charge is 2.20. The molecule has 8 heteroatoms. The van der Waals surface area contributed by atoms with Crippen molar-refractivity contribution in [3.63, 3.8) is 0 Å². The fourth-order valence-electron chi connectivity index (χ4n) is 2.87. The molecule has 2 aromatic carbocycles. The van der Waals surface area contributed by atoms with Gasteiger partial charge in [0.1, 0.15) is 5.75 Å². The predicted molar refractivity (Wildman–Crippen MR) is 118 cm³/mol. The molecule has 1 atom stereocenters. The fourth-order valence-corrected chi connectivity index (χ4v) is 2.87. The van der Waals surface area contributed by atoms with Crippen molar-refractivity contribution in [1.29, 1.82) is 0 Å². The number of hydrogen-bond donors (Lipinski definition) is 3. The number of carbonyl (C=O) groups excluding carboxylic acids is 3. The minimum atomic E-state index is -0.587.